The van der Waals surface area contributed by atoms with E-state index in [1.165, 1.54) is 0 Å². The van der Waals surface area contributed by atoms with Crippen LogP contribution in [-0.4, -0.2) is 14.9 Å². The Labute approximate surface area is 128 Å². The molecule has 0 amide bonds. The molecule has 0 aliphatic rings. The van der Waals surface area contributed by atoms with E-state index in [0.29, 0.717) is 15.7 Å². The number of aromatic nitrogens is 2. The molecular weight excluding hydrogens is 327 g/mol. The molecule has 0 radical (unpaired) electrons. The van der Waals surface area contributed by atoms with Gasteiger partial charge in [-0.15, -0.1) is 0 Å². The van der Waals surface area contributed by atoms with Crippen LogP contribution in [0.25, 0.3) is 0 Å². The van der Waals surface area contributed by atoms with Crippen molar-refractivity contribution in [2.45, 2.75) is 6.92 Å². The van der Waals surface area contributed by atoms with E-state index in [1.54, 1.807) is 19.1 Å². The SMILES string of the molecule is Cc1cc(Cl)c(Nc2nc(Cl)ncc2[N+](=O)[O-])cc1Cl. The minimum Gasteiger partial charge on any atom is -0.333 e. The molecule has 0 unspecified atom stereocenters. The lowest BCUT2D eigenvalue weighted by Crippen LogP contribution is -2.02. The van der Waals surface area contributed by atoms with Crippen LogP contribution >= 0.6 is 34.8 Å². The highest BCUT2D eigenvalue weighted by atomic mass is 35.5. The molecule has 6 nitrogen and oxygen atoms in total. The molecule has 1 aromatic carbocycles. The van der Waals surface area contributed by atoms with E-state index in [2.05, 4.69) is 15.3 Å². The summed E-state index contributed by atoms with van der Waals surface area (Å²) in [7, 11) is 0. The predicted molar refractivity (Wildman–Crippen MR) is 78.2 cm³/mol. The Hall–Kier alpha value is -1.63. The van der Waals surface area contributed by atoms with Gasteiger partial charge in [-0.3, -0.25) is 10.1 Å². The van der Waals surface area contributed by atoms with Gasteiger partial charge in [0, 0.05) is 5.02 Å². The average molecular weight is 334 g/mol. The molecule has 0 atom stereocenters. The van der Waals surface area contributed by atoms with Crippen LogP contribution < -0.4 is 5.32 Å². The largest absolute Gasteiger partial charge is 0.333 e. The van der Waals surface area contributed by atoms with Crippen molar-refractivity contribution in [3.05, 3.63) is 49.3 Å². The van der Waals surface area contributed by atoms with Gasteiger partial charge in [0.1, 0.15) is 6.20 Å². The molecule has 0 spiro atoms. The first-order valence-corrected chi connectivity index (χ1v) is 6.41. The Bertz CT molecular complexity index is 694. The molecule has 2 aromatic rings. The molecule has 0 fully saturated rings. The molecule has 0 bridgehead atoms. The minimum atomic E-state index is -0.623. The van der Waals surface area contributed by atoms with Crippen LogP contribution in [0.2, 0.25) is 15.3 Å². The van der Waals surface area contributed by atoms with E-state index >= 15 is 0 Å². The zero-order valence-electron chi connectivity index (χ0n) is 10.0. The monoisotopic (exact) mass is 332 g/mol. The van der Waals surface area contributed by atoms with Gasteiger partial charge in [-0.2, -0.15) is 4.98 Å². The summed E-state index contributed by atoms with van der Waals surface area (Å²) in [5.41, 5.74) is 0.861. The van der Waals surface area contributed by atoms with Crippen molar-refractivity contribution in [3.63, 3.8) is 0 Å². The predicted octanol–water partition coefficient (Wildman–Crippen LogP) is 4.40. The summed E-state index contributed by atoms with van der Waals surface area (Å²) in [5, 5.41) is 14.4. The maximum atomic E-state index is 10.9. The summed E-state index contributed by atoms with van der Waals surface area (Å²) >= 11 is 17.7. The number of hydrogen-bond acceptors (Lipinski definition) is 5. The van der Waals surface area contributed by atoms with Crippen LogP contribution in [-0.2, 0) is 0 Å². The van der Waals surface area contributed by atoms with Gasteiger partial charge in [-0.1, -0.05) is 23.2 Å². The first-order chi connectivity index (χ1) is 9.38. The number of nitro groups is 1. The van der Waals surface area contributed by atoms with Crippen molar-refractivity contribution in [2.24, 2.45) is 0 Å². The average Bonchev–Trinajstić information content (AvgIpc) is 2.35. The Morgan fingerprint density at radius 1 is 1.25 bits per heavy atom. The fourth-order valence-electron chi connectivity index (χ4n) is 1.45. The third-order valence-corrected chi connectivity index (χ3v) is 3.34. The Kier molecular flexibility index (Phi) is 4.27. The number of nitrogens with zero attached hydrogens (tertiary/aromatic N) is 3. The number of anilines is 2. The number of nitrogens with one attached hydrogen (secondary N) is 1. The molecule has 0 saturated heterocycles. The van der Waals surface area contributed by atoms with Crippen molar-refractivity contribution in [1.29, 1.82) is 0 Å². The number of hydrogen-bond donors (Lipinski definition) is 1. The number of rotatable bonds is 3. The third-order valence-electron chi connectivity index (χ3n) is 2.44. The van der Waals surface area contributed by atoms with Crippen molar-refractivity contribution in [3.8, 4) is 0 Å². The van der Waals surface area contributed by atoms with E-state index in [1.807, 2.05) is 0 Å². The topological polar surface area (TPSA) is 81.0 Å². The minimum absolute atomic E-state index is 0.0585. The van der Waals surface area contributed by atoms with Gasteiger partial charge >= 0.3 is 5.69 Å². The van der Waals surface area contributed by atoms with Crippen LogP contribution in [0, 0.1) is 17.0 Å². The molecule has 9 heteroatoms. The van der Waals surface area contributed by atoms with E-state index in [-0.39, 0.29) is 16.8 Å². The Morgan fingerprint density at radius 2 is 1.95 bits per heavy atom. The highest BCUT2D eigenvalue weighted by Crippen LogP contribution is 2.33. The zero-order valence-corrected chi connectivity index (χ0v) is 12.3. The lowest BCUT2D eigenvalue weighted by atomic mass is 10.2. The zero-order chi connectivity index (χ0) is 14.9. The quantitative estimate of drug-likeness (QED) is 0.511. The lowest BCUT2D eigenvalue weighted by molar-refractivity contribution is -0.384. The van der Waals surface area contributed by atoms with Crippen LogP contribution in [0.15, 0.2) is 18.3 Å². The van der Waals surface area contributed by atoms with Crippen molar-refractivity contribution < 1.29 is 4.92 Å². The van der Waals surface area contributed by atoms with Gasteiger partial charge in [0.25, 0.3) is 0 Å². The summed E-state index contributed by atoms with van der Waals surface area (Å²) in [5.74, 6) is -0.0585. The summed E-state index contributed by atoms with van der Waals surface area (Å²) in [6.45, 7) is 1.79. The van der Waals surface area contributed by atoms with Crippen LogP contribution in [0.3, 0.4) is 0 Å². The van der Waals surface area contributed by atoms with E-state index < -0.39 is 4.92 Å². The van der Waals surface area contributed by atoms with Gasteiger partial charge in [0.05, 0.1) is 15.6 Å². The van der Waals surface area contributed by atoms with Crippen LogP contribution in [0.5, 0.6) is 0 Å². The van der Waals surface area contributed by atoms with Gasteiger partial charge in [0.2, 0.25) is 11.1 Å². The third kappa shape index (κ3) is 3.09. The number of halogens is 3. The summed E-state index contributed by atoms with van der Waals surface area (Å²) in [6.07, 6.45) is 1.02. The normalized spacial score (nSPS) is 10.4. The molecule has 1 N–H and O–H groups in total. The lowest BCUT2D eigenvalue weighted by Gasteiger charge is -2.09. The van der Waals surface area contributed by atoms with E-state index in [4.69, 9.17) is 34.8 Å². The first kappa shape index (κ1) is 14.8. The molecule has 1 heterocycles. The highest BCUT2D eigenvalue weighted by Gasteiger charge is 2.18. The molecular formula is C11H7Cl3N4O2. The first-order valence-electron chi connectivity index (χ1n) is 5.28. The van der Waals surface area contributed by atoms with Crippen molar-refractivity contribution in [1.82, 2.24) is 9.97 Å². The number of aryl methyl sites for hydroxylation is 1. The van der Waals surface area contributed by atoms with Gasteiger partial charge in [-0.05, 0) is 36.2 Å². The van der Waals surface area contributed by atoms with Crippen molar-refractivity contribution in [2.75, 3.05) is 5.32 Å². The maximum Gasteiger partial charge on any atom is 0.329 e. The molecule has 2 rings (SSSR count). The second-order valence-corrected chi connectivity index (χ2v) is 4.99. The van der Waals surface area contributed by atoms with Gasteiger partial charge in [0.15, 0.2) is 0 Å². The molecule has 0 saturated carbocycles. The number of benzene rings is 1. The molecule has 0 aliphatic heterocycles. The summed E-state index contributed by atoms with van der Waals surface area (Å²) < 4.78 is 0. The van der Waals surface area contributed by atoms with Crippen molar-refractivity contribution >= 4 is 52.0 Å². The second kappa shape index (κ2) is 5.78. The Morgan fingerprint density at radius 3 is 2.60 bits per heavy atom. The molecule has 1 aromatic heterocycles. The molecule has 0 aliphatic carbocycles. The van der Waals surface area contributed by atoms with E-state index in [0.717, 1.165) is 11.8 Å². The fraction of sp³-hybridized carbons (Fsp3) is 0.0909. The molecule has 20 heavy (non-hydrogen) atoms. The highest BCUT2D eigenvalue weighted by molar-refractivity contribution is 6.36. The Balaban J connectivity index is 2.47. The summed E-state index contributed by atoms with van der Waals surface area (Å²) in [6, 6.07) is 3.19. The van der Waals surface area contributed by atoms with Gasteiger partial charge < -0.3 is 5.32 Å². The smallest absolute Gasteiger partial charge is 0.329 e. The summed E-state index contributed by atoms with van der Waals surface area (Å²) in [4.78, 5) is 17.6. The fourth-order valence-corrected chi connectivity index (χ4v) is 2.01. The van der Waals surface area contributed by atoms with Gasteiger partial charge in [-0.25, -0.2) is 4.98 Å². The van der Waals surface area contributed by atoms with Crippen LogP contribution in [0.1, 0.15) is 5.56 Å². The standard InChI is InChI=1S/C11H7Cl3N4O2/c1-5-2-7(13)8(3-6(5)12)16-10-9(18(19)20)4-15-11(14)17-10/h2-4H,1H3,(H,15,16,17). The maximum absolute atomic E-state index is 10.9. The molecule has 104 valence electrons. The van der Waals surface area contributed by atoms with Crippen LogP contribution in [0.4, 0.5) is 17.2 Å². The second-order valence-electron chi connectivity index (χ2n) is 3.84. The van der Waals surface area contributed by atoms with E-state index in [9.17, 15) is 10.1 Å².